The highest BCUT2D eigenvalue weighted by molar-refractivity contribution is 9.10. The van der Waals surface area contributed by atoms with E-state index in [9.17, 15) is 4.79 Å². The number of fused-ring (bicyclic) bond motifs is 1. The van der Waals surface area contributed by atoms with Gasteiger partial charge in [-0.25, -0.2) is 0 Å². The Kier molecular flexibility index (Phi) is 5.23. The lowest BCUT2D eigenvalue weighted by atomic mass is 10.1. The molecule has 0 saturated carbocycles. The molecule has 0 aliphatic carbocycles. The third-order valence-electron chi connectivity index (χ3n) is 2.91. The van der Waals surface area contributed by atoms with Gasteiger partial charge in [0.1, 0.15) is 0 Å². The molecule has 0 unspecified atom stereocenters. The van der Waals surface area contributed by atoms with Gasteiger partial charge in [-0.15, -0.1) is 11.6 Å². The summed E-state index contributed by atoms with van der Waals surface area (Å²) in [7, 11) is 0. The average Bonchev–Trinajstić information content (AvgIpc) is 2.42. The zero-order chi connectivity index (χ0) is 13.7. The first-order chi connectivity index (χ1) is 9.20. The SMILES string of the molecule is O=C(NCCCCCl)c1ccc2cc(Br)ccc2c1. The second-order valence-corrected chi connectivity index (χ2v) is 5.65. The van der Waals surface area contributed by atoms with E-state index >= 15 is 0 Å². The first-order valence-electron chi connectivity index (χ1n) is 6.24. The molecule has 0 atom stereocenters. The predicted octanol–water partition coefficient (Wildman–Crippen LogP) is 4.35. The second kappa shape index (κ2) is 6.92. The molecule has 0 spiro atoms. The van der Waals surface area contributed by atoms with E-state index in [0.29, 0.717) is 18.0 Å². The van der Waals surface area contributed by atoms with Gasteiger partial charge in [-0.3, -0.25) is 4.79 Å². The molecule has 2 rings (SSSR count). The van der Waals surface area contributed by atoms with Crippen LogP contribution in [-0.4, -0.2) is 18.3 Å². The maximum absolute atomic E-state index is 12.0. The third-order valence-corrected chi connectivity index (χ3v) is 3.67. The van der Waals surface area contributed by atoms with Crippen molar-refractivity contribution < 1.29 is 4.79 Å². The topological polar surface area (TPSA) is 29.1 Å². The molecule has 2 nitrogen and oxygen atoms in total. The van der Waals surface area contributed by atoms with E-state index in [-0.39, 0.29) is 5.91 Å². The molecule has 0 aromatic heterocycles. The minimum Gasteiger partial charge on any atom is -0.352 e. The Morgan fingerprint density at radius 1 is 1.11 bits per heavy atom. The van der Waals surface area contributed by atoms with Crippen LogP contribution >= 0.6 is 27.5 Å². The average molecular weight is 341 g/mol. The summed E-state index contributed by atoms with van der Waals surface area (Å²) in [5.74, 6) is 0.611. The zero-order valence-corrected chi connectivity index (χ0v) is 12.8. The van der Waals surface area contributed by atoms with Gasteiger partial charge in [-0.05, 0) is 47.9 Å². The first-order valence-corrected chi connectivity index (χ1v) is 7.57. The van der Waals surface area contributed by atoms with Crippen molar-refractivity contribution in [3.63, 3.8) is 0 Å². The Morgan fingerprint density at radius 2 is 1.84 bits per heavy atom. The molecule has 2 aromatic carbocycles. The smallest absolute Gasteiger partial charge is 0.251 e. The highest BCUT2D eigenvalue weighted by Gasteiger charge is 2.05. The number of halogens is 2. The Balaban J connectivity index is 2.08. The van der Waals surface area contributed by atoms with Crippen LogP contribution in [0.25, 0.3) is 10.8 Å². The number of unbranched alkanes of at least 4 members (excludes halogenated alkanes) is 1. The highest BCUT2D eigenvalue weighted by atomic mass is 79.9. The second-order valence-electron chi connectivity index (χ2n) is 4.36. The van der Waals surface area contributed by atoms with Crippen molar-refractivity contribution in [2.45, 2.75) is 12.8 Å². The Morgan fingerprint density at radius 3 is 2.63 bits per heavy atom. The molecule has 1 amide bonds. The molecule has 0 radical (unpaired) electrons. The molecule has 100 valence electrons. The molecule has 4 heteroatoms. The molecule has 1 N–H and O–H groups in total. The van der Waals surface area contributed by atoms with Crippen molar-refractivity contribution in [1.29, 1.82) is 0 Å². The van der Waals surface area contributed by atoms with Crippen molar-refractivity contribution in [3.05, 3.63) is 46.4 Å². The normalized spacial score (nSPS) is 10.6. The number of carbonyl (C=O) groups is 1. The monoisotopic (exact) mass is 339 g/mol. The lowest BCUT2D eigenvalue weighted by molar-refractivity contribution is 0.0953. The molecule has 0 fully saturated rings. The van der Waals surface area contributed by atoms with Crippen molar-refractivity contribution in [3.8, 4) is 0 Å². The van der Waals surface area contributed by atoms with Gasteiger partial charge < -0.3 is 5.32 Å². The van der Waals surface area contributed by atoms with Gasteiger partial charge in [0.2, 0.25) is 0 Å². The summed E-state index contributed by atoms with van der Waals surface area (Å²) in [5.41, 5.74) is 0.695. The van der Waals surface area contributed by atoms with Gasteiger partial charge in [0, 0.05) is 22.5 Å². The first kappa shape index (κ1) is 14.4. The molecule has 0 aliphatic heterocycles. The zero-order valence-electron chi connectivity index (χ0n) is 10.5. The number of amides is 1. The predicted molar refractivity (Wildman–Crippen MR) is 83.9 cm³/mol. The van der Waals surface area contributed by atoms with Crippen molar-refractivity contribution in [2.75, 3.05) is 12.4 Å². The Bertz CT molecular complexity index is 585. The van der Waals surface area contributed by atoms with E-state index in [1.807, 2.05) is 36.4 Å². The van der Waals surface area contributed by atoms with E-state index in [1.165, 1.54) is 0 Å². The van der Waals surface area contributed by atoms with Crippen molar-refractivity contribution >= 4 is 44.2 Å². The molecule has 2 aromatic rings. The Hall–Kier alpha value is -1.06. The minimum absolute atomic E-state index is 0.0283. The largest absolute Gasteiger partial charge is 0.352 e. The fourth-order valence-corrected chi connectivity index (χ4v) is 2.45. The third kappa shape index (κ3) is 3.95. The molecular weight excluding hydrogens is 326 g/mol. The maximum atomic E-state index is 12.0. The summed E-state index contributed by atoms with van der Waals surface area (Å²) < 4.78 is 1.04. The Labute approximate surface area is 126 Å². The van der Waals surface area contributed by atoms with Crippen LogP contribution in [0.15, 0.2) is 40.9 Å². The van der Waals surface area contributed by atoms with E-state index in [4.69, 9.17) is 11.6 Å². The number of benzene rings is 2. The van der Waals surface area contributed by atoms with Gasteiger partial charge in [0.15, 0.2) is 0 Å². The summed E-state index contributed by atoms with van der Waals surface area (Å²) in [6.45, 7) is 0.671. The van der Waals surface area contributed by atoms with Crippen LogP contribution in [0, 0.1) is 0 Å². The summed E-state index contributed by atoms with van der Waals surface area (Å²) in [6, 6.07) is 11.8. The van der Waals surface area contributed by atoms with Crippen LogP contribution in [0.2, 0.25) is 0 Å². The molecule has 19 heavy (non-hydrogen) atoms. The quantitative estimate of drug-likeness (QED) is 0.636. The summed E-state index contributed by atoms with van der Waals surface area (Å²) in [4.78, 5) is 12.0. The molecule has 0 heterocycles. The van der Waals surface area contributed by atoms with Crippen LogP contribution in [0.4, 0.5) is 0 Å². The van der Waals surface area contributed by atoms with E-state index in [0.717, 1.165) is 28.1 Å². The van der Waals surface area contributed by atoms with Crippen LogP contribution < -0.4 is 5.32 Å². The van der Waals surface area contributed by atoms with Crippen LogP contribution in [0.3, 0.4) is 0 Å². The number of hydrogen-bond donors (Lipinski definition) is 1. The van der Waals surface area contributed by atoms with Gasteiger partial charge >= 0.3 is 0 Å². The summed E-state index contributed by atoms with van der Waals surface area (Å²) in [6.07, 6.45) is 1.84. The standard InChI is InChI=1S/C15H15BrClNO/c16-14-6-5-11-9-13(4-3-12(11)10-14)15(19)18-8-2-1-7-17/h3-6,9-10H,1-2,7-8H2,(H,18,19). The number of carbonyl (C=O) groups excluding carboxylic acids is 1. The molecule has 0 saturated heterocycles. The van der Waals surface area contributed by atoms with Crippen LogP contribution in [-0.2, 0) is 0 Å². The summed E-state index contributed by atoms with van der Waals surface area (Å²) in [5, 5.41) is 5.09. The number of alkyl halides is 1. The van der Waals surface area contributed by atoms with E-state index in [1.54, 1.807) is 0 Å². The van der Waals surface area contributed by atoms with Crippen molar-refractivity contribution in [2.24, 2.45) is 0 Å². The molecule has 0 aliphatic rings. The number of nitrogens with one attached hydrogen (secondary N) is 1. The van der Waals surface area contributed by atoms with Gasteiger partial charge in [0.05, 0.1) is 0 Å². The minimum atomic E-state index is -0.0283. The van der Waals surface area contributed by atoms with Crippen molar-refractivity contribution in [1.82, 2.24) is 5.32 Å². The molecular formula is C15H15BrClNO. The fourth-order valence-electron chi connectivity index (χ4n) is 1.88. The lowest BCUT2D eigenvalue weighted by Crippen LogP contribution is -2.24. The number of rotatable bonds is 5. The highest BCUT2D eigenvalue weighted by Crippen LogP contribution is 2.20. The van der Waals surface area contributed by atoms with E-state index < -0.39 is 0 Å². The van der Waals surface area contributed by atoms with Gasteiger partial charge in [0.25, 0.3) is 5.91 Å². The molecule has 0 bridgehead atoms. The van der Waals surface area contributed by atoms with Gasteiger partial charge in [-0.2, -0.15) is 0 Å². The number of hydrogen-bond acceptors (Lipinski definition) is 1. The van der Waals surface area contributed by atoms with Gasteiger partial charge in [-0.1, -0.05) is 28.1 Å². The maximum Gasteiger partial charge on any atom is 0.251 e. The van der Waals surface area contributed by atoms with E-state index in [2.05, 4.69) is 21.2 Å². The van der Waals surface area contributed by atoms with Crippen LogP contribution in [0.5, 0.6) is 0 Å². The fraction of sp³-hybridized carbons (Fsp3) is 0.267. The lowest BCUT2D eigenvalue weighted by Gasteiger charge is -2.06. The van der Waals surface area contributed by atoms with Crippen LogP contribution in [0.1, 0.15) is 23.2 Å². The summed E-state index contributed by atoms with van der Waals surface area (Å²) >= 11 is 9.03.